The number of nitrogens with zero attached hydrogens (tertiary/aromatic N) is 2. The maximum atomic E-state index is 5.92. The maximum Gasteiger partial charge on any atom is 0.232 e. The molecule has 0 fully saturated rings. The normalized spacial score (nSPS) is 12.3. The van der Waals surface area contributed by atoms with E-state index in [9.17, 15) is 0 Å². The van der Waals surface area contributed by atoms with Crippen LogP contribution in [0.15, 0.2) is 50.2 Å². The van der Waals surface area contributed by atoms with Crippen molar-refractivity contribution < 1.29 is 8.94 Å². The number of hydrogen-bond donors (Lipinski definition) is 1. The minimum atomic E-state index is -0.169. The summed E-state index contributed by atoms with van der Waals surface area (Å²) in [5.41, 5.74) is 2.36. The molecule has 0 saturated heterocycles. The second-order valence-electron chi connectivity index (χ2n) is 6.67. The lowest BCUT2D eigenvalue weighted by molar-refractivity contribution is 0.321. The summed E-state index contributed by atoms with van der Waals surface area (Å²) in [5.74, 6) is 1.20. The number of benzene rings is 2. The Kier molecular flexibility index (Phi) is 3.03. The molecule has 4 aromatic rings. The molecule has 0 N–H and O–H groups in total. The Morgan fingerprint density at radius 3 is 2.52 bits per heavy atom. The molecule has 116 valence electrons. The van der Waals surface area contributed by atoms with Crippen LogP contribution in [0.5, 0.6) is 0 Å². The van der Waals surface area contributed by atoms with Crippen molar-refractivity contribution >= 4 is 34.6 Å². The fourth-order valence-corrected chi connectivity index (χ4v) is 2.75. The van der Waals surface area contributed by atoms with E-state index < -0.39 is 0 Å². The predicted octanol–water partition coefficient (Wildman–Crippen LogP) is 5.22. The van der Waals surface area contributed by atoms with Crippen LogP contribution in [0.3, 0.4) is 0 Å². The van der Waals surface area contributed by atoms with E-state index in [1.807, 2.05) is 57.2 Å². The van der Waals surface area contributed by atoms with Crippen molar-refractivity contribution in [3.05, 3.63) is 42.3 Å². The van der Waals surface area contributed by atoms with Crippen LogP contribution in [0.25, 0.3) is 33.3 Å². The Morgan fingerprint density at radius 1 is 0.957 bits per heavy atom. The van der Waals surface area contributed by atoms with E-state index in [-0.39, 0.29) is 5.41 Å². The molecule has 0 aliphatic rings. The van der Waals surface area contributed by atoms with Crippen LogP contribution in [-0.4, -0.2) is 10.1 Å². The molecule has 0 saturated carbocycles. The quantitative estimate of drug-likeness (QED) is 0.488. The summed E-state index contributed by atoms with van der Waals surface area (Å²) in [5, 5.41) is 6.20. The average molecular weight is 324 g/mol. The molecule has 0 atom stereocenters. The van der Waals surface area contributed by atoms with Gasteiger partial charge in [-0.05, 0) is 30.3 Å². The van der Waals surface area contributed by atoms with Crippen molar-refractivity contribution in [3.8, 4) is 11.4 Å². The SMILES string of the molecule is CC(C)(C)c1nc(-c2ccc3c(c2)oc2ccc(S)cc23)no1. The lowest BCUT2D eigenvalue weighted by atomic mass is 9.97. The van der Waals surface area contributed by atoms with Gasteiger partial charge in [0.2, 0.25) is 11.7 Å². The van der Waals surface area contributed by atoms with Crippen molar-refractivity contribution in [3.63, 3.8) is 0 Å². The van der Waals surface area contributed by atoms with Crippen LogP contribution < -0.4 is 0 Å². The Labute approximate surface area is 138 Å². The largest absolute Gasteiger partial charge is 0.456 e. The minimum Gasteiger partial charge on any atom is -0.456 e. The first-order chi connectivity index (χ1) is 10.9. The van der Waals surface area contributed by atoms with Gasteiger partial charge in [-0.3, -0.25) is 0 Å². The molecule has 4 nitrogen and oxygen atoms in total. The van der Waals surface area contributed by atoms with Crippen LogP contribution in [0.4, 0.5) is 0 Å². The molecule has 2 heterocycles. The van der Waals surface area contributed by atoms with Crippen LogP contribution in [0.1, 0.15) is 26.7 Å². The number of fused-ring (bicyclic) bond motifs is 3. The molecule has 0 aliphatic carbocycles. The monoisotopic (exact) mass is 324 g/mol. The van der Waals surface area contributed by atoms with Gasteiger partial charge >= 0.3 is 0 Å². The van der Waals surface area contributed by atoms with Gasteiger partial charge < -0.3 is 8.94 Å². The van der Waals surface area contributed by atoms with Gasteiger partial charge in [0.25, 0.3) is 0 Å². The molecule has 23 heavy (non-hydrogen) atoms. The van der Waals surface area contributed by atoms with Crippen molar-refractivity contribution in [1.29, 1.82) is 0 Å². The van der Waals surface area contributed by atoms with Crippen LogP contribution in [0, 0.1) is 0 Å². The summed E-state index contributed by atoms with van der Waals surface area (Å²) < 4.78 is 11.3. The molecule has 2 aromatic carbocycles. The lowest BCUT2D eigenvalue weighted by Gasteiger charge is -2.10. The molecule has 4 rings (SSSR count). The number of hydrogen-bond acceptors (Lipinski definition) is 5. The highest BCUT2D eigenvalue weighted by Gasteiger charge is 2.22. The fraction of sp³-hybridized carbons (Fsp3) is 0.222. The van der Waals surface area contributed by atoms with Gasteiger partial charge in [-0.2, -0.15) is 4.98 Å². The van der Waals surface area contributed by atoms with Gasteiger partial charge in [0.15, 0.2) is 0 Å². The number of thiol groups is 1. The molecule has 2 aromatic heterocycles. The fourth-order valence-electron chi connectivity index (χ4n) is 2.55. The summed E-state index contributed by atoms with van der Waals surface area (Å²) in [6.07, 6.45) is 0. The average Bonchev–Trinajstić information content (AvgIpc) is 3.10. The van der Waals surface area contributed by atoms with Crippen molar-refractivity contribution in [2.75, 3.05) is 0 Å². The molecule has 5 heteroatoms. The van der Waals surface area contributed by atoms with Gasteiger partial charge in [-0.15, -0.1) is 12.6 Å². The van der Waals surface area contributed by atoms with Gasteiger partial charge in [-0.1, -0.05) is 32.0 Å². The predicted molar refractivity (Wildman–Crippen MR) is 93.0 cm³/mol. The number of rotatable bonds is 1. The molecule has 0 radical (unpaired) electrons. The van der Waals surface area contributed by atoms with Crippen molar-refractivity contribution in [2.24, 2.45) is 0 Å². The smallest absolute Gasteiger partial charge is 0.232 e. The Hall–Kier alpha value is -2.27. The Balaban J connectivity index is 1.86. The molecular weight excluding hydrogens is 308 g/mol. The van der Waals surface area contributed by atoms with Crippen LogP contribution in [-0.2, 0) is 5.41 Å². The third-order valence-electron chi connectivity index (χ3n) is 3.78. The highest BCUT2D eigenvalue weighted by atomic mass is 32.1. The van der Waals surface area contributed by atoms with Gasteiger partial charge in [0, 0.05) is 26.6 Å². The Morgan fingerprint density at radius 2 is 1.78 bits per heavy atom. The molecule has 0 unspecified atom stereocenters. The third-order valence-corrected chi connectivity index (χ3v) is 4.06. The minimum absolute atomic E-state index is 0.169. The van der Waals surface area contributed by atoms with E-state index in [4.69, 9.17) is 8.94 Å². The summed E-state index contributed by atoms with van der Waals surface area (Å²) in [7, 11) is 0. The third kappa shape index (κ3) is 2.41. The molecule has 0 spiro atoms. The van der Waals surface area contributed by atoms with E-state index in [1.165, 1.54) is 0 Å². The maximum absolute atomic E-state index is 5.92. The first-order valence-electron chi connectivity index (χ1n) is 7.42. The zero-order valence-corrected chi connectivity index (χ0v) is 14.0. The van der Waals surface area contributed by atoms with Crippen LogP contribution in [0.2, 0.25) is 0 Å². The van der Waals surface area contributed by atoms with E-state index in [1.54, 1.807) is 0 Å². The summed E-state index contributed by atoms with van der Waals surface area (Å²) >= 11 is 4.39. The number of aromatic nitrogens is 2. The first kappa shape index (κ1) is 14.3. The van der Waals surface area contributed by atoms with E-state index >= 15 is 0 Å². The van der Waals surface area contributed by atoms with Gasteiger partial charge in [-0.25, -0.2) is 0 Å². The highest BCUT2D eigenvalue weighted by Crippen LogP contribution is 2.33. The zero-order valence-electron chi connectivity index (χ0n) is 13.1. The first-order valence-corrected chi connectivity index (χ1v) is 7.86. The zero-order chi connectivity index (χ0) is 16.2. The van der Waals surface area contributed by atoms with Gasteiger partial charge in [0.05, 0.1) is 0 Å². The molecule has 0 amide bonds. The lowest BCUT2D eigenvalue weighted by Crippen LogP contribution is -2.11. The van der Waals surface area contributed by atoms with E-state index in [0.717, 1.165) is 32.4 Å². The van der Waals surface area contributed by atoms with Crippen LogP contribution >= 0.6 is 12.6 Å². The summed E-state index contributed by atoms with van der Waals surface area (Å²) in [4.78, 5) is 5.41. The topological polar surface area (TPSA) is 52.1 Å². The number of furan rings is 1. The molecule has 0 bridgehead atoms. The summed E-state index contributed by atoms with van der Waals surface area (Å²) in [6.45, 7) is 6.13. The van der Waals surface area contributed by atoms with Crippen molar-refractivity contribution in [1.82, 2.24) is 10.1 Å². The highest BCUT2D eigenvalue weighted by molar-refractivity contribution is 7.80. The molecule has 0 aliphatic heterocycles. The van der Waals surface area contributed by atoms with Crippen molar-refractivity contribution in [2.45, 2.75) is 31.1 Å². The molecular formula is C18H16N2O2S. The second kappa shape index (κ2) is 4.86. The van der Waals surface area contributed by atoms with Gasteiger partial charge in [0.1, 0.15) is 11.2 Å². The Bertz CT molecular complexity index is 1020. The van der Waals surface area contributed by atoms with E-state index in [0.29, 0.717) is 11.7 Å². The van der Waals surface area contributed by atoms with E-state index in [2.05, 4.69) is 22.8 Å². The summed E-state index contributed by atoms with van der Waals surface area (Å²) in [6, 6.07) is 11.8. The second-order valence-corrected chi connectivity index (χ2v) is 7.18. The standard InChI is InChI=1S/C18H16N2O2S/c1-18(2,3)17-19-16(20-22-17)10-4-6-12-13-9-11(23)5-7-14(13)21-15(12)8-10/h4-9,23H,1-3H3.